The number of hydrogen-bond acceptors (Lipinski definition) is 7. The number of hydrogen-bond donors (Lipinski definition) is 4. The van der Waals surface area contributed by atoms with E-state index in [-0.39, 0.29) is 6.61 Å². The van der Waals surface area contributed by atoms with Gasteiger partial charge in [0.15, 0.2) is 5.65 Å². The molecule has 0 radical (unpaired) electrons. The molecule has 0 aliphatic carbocycles. The Bertz CT molecular complexity index is 527. The molecule has 4 atom stereocenters. The van der Waals surface area contributed by atoms with E-state index in [4.69, 9.17) is 9.84 Å². The molecule has 18 heavy (non-hydrogen) atoms. The average molecular weight is 252 g/mol. The van der Waals surface area contributed by atoms with Crippen molar-refractivity contribution >= 4 is 11.2 Å². The highest BCUT2D eigenvalue weighted by molar-refractivity contribution is 5.68. The zero-order valence-electron chi connectivity index (χ0n) is 9.26. The molecule has 0 aromatic carbocycles. The number of aliphatic hydroxyl groups excluding tert-OH is 3. The molecular weight excluding hydrogens is 240 g/mol. The summed E-state index contributed by atoms with van der Waals surface area (Å²) in [6.07, 6.45) is -0.990. The maximum Gasteiger partial charge on any atom is 0.180 e. The topological polar surface area (TPSA) is 124 Å². The van der Waals surface area contributed by atoms with Gasteiger partial charge in [-0.2, -0.15) is 0 Å². The van der Waals surface area contributed by atoms with Gasteiger partial charge >= 0.3 is 0 Å². The molecule has 96 valence electrons. The standard InChI is InChI=1S/C10H12N4O4/c15-2-5-6(16)7(17)8(18-5)10-13-4-1-11-3-12-9(4)14-10/h1,3,5-8,15-17H,2H2,(H,11,12,13,14)/t5-,6-,7-,8-/m0/s1. The van der Waals surface area contributed by atoms with Gasteiger partial charge < -0.3 is 25.0 Å². The smallest absolute Gasteiger partial charge is 0.180 e. The number of aromatic amines is 1. The third kappa shape index (κ3) is 1.66. The van der Waals surface area contributed by atoms with E-state index in [1.54, 1.807) is 6.20 Å². The van der Waals surface area contributed by atoms with Crippen LogP contribution in [0.25, 0.3) is 11.2 Å². The van der Waals surface area contributed by atoms with Crippen LogP contribution in [0.15, 0.2) is 12.5 Å². The van der Waals surface area contributed by atoms with E-state index in [1.165, 1.54) is 6.33 Å². The summed E-state index contributed by atoms with van der Waals surface area (Å²) in [4.78, 5) is 14.9. The average Bonchev–Trinajstić information content (AvgIpc) is 2.92. The van der Waals surface area contributed by atoms with Gasteiger partial charge in [-0.25, -0.2) is 15.0 Å². The molecule has 0 unspecified atom stereocenters. The second-order valence-electron chi connectivity index (χ2n) is 4.14. The molecule has 0 spiro atoms. The lowest BCUT2D eigenvalue weighted by atomic mass is 10.1. The summed E-state index contributed by atoms with van der Waals surface area (Å²) in [6, 6.07) is 0. The number of H-pyrrole nitrogens is 1. The number of rotatable bonds is 2. The van der Waals surface area contributed by atoms with E-state index in [0.717, 1.165) is 0 Å². The van der Waals surface area contributed by atoms with Gasteiger partial charge in [-0.15, -0.1) is 0 Å². The fourth-order valence-corrected chi connectivity index (χ4v) is 2.04. The molecule has 3 heterocycles. The third-order valence-corrected chi connectivity index (χ3v) is 2.99. The van der Waals surface area contributed by atoms with Crippen molar-refractivity contribution in [1.82, 2.24) is 19.9 Å². The van der Waals surface area contributed by atoms with Crippen LogP contribution >= 0.6 is 0 Å². The summed E-state index contributed by atoms with van der Waals surface area (Å²) in [6.45, 7) is -0.366. The molecule has 3 rings (SSSR count). The van der Waals surface area contributed by atoms with Crippen LogP contribution in [0.1, 0.15) is 11.9 Å². The Hall–Kier alpha value is -1.61. The molecule has 1 saturated heterocycles. The van der Waals surface area contributed by atoms with E-state index in [0.29, 0.717) is 17.0 Å². The summed E-state index contributed by atoms with van der Waals surface area (Å²) in [5, 5.41) is 28.5. The maximum absolute atomic E-state index is 9.86. The molecule has 8 nitrogen and oxygen atoms in total. The van der Waals surface area contributed by atoms with Crippen molar-refractivity contribution in [3.63, 3.8) is 0 Å². The molecule has 1 aliphatic rings. The number of ether oxygens (including phenoxy) is 1. The first-order valence-electron chi connectivity index (χ1n) is 5.49. The number of aromatic nitrogens is 4. The van der Waals surface area contributed by atoms with E-state index in [2.05, 4.69) is 19.9 Å². The molecule has 1 fully saturated rings. The van der Waals surface area contributed by atoms with Crippen LogP contribution in [0.3, 0.4) is 0 Å². The Morgan fingerprint density at radius 3 is 2.83 bits per heavy atom. The van der Waals surface area contributed by atoms with Crippen molar-refractivity contribution in [3.05, 3.63) is 18.3 Å². The number of aliphatic hydroxyl groups is 3. The number of nitrogens with one attached hydrogen (secondary N) is 1. The monoisotopic (exact) mass is 252 g/mol. The molecule has 2 aromatic heterocycles. The predicted octanol–water partition coefficient (Wildman–Crippen LogP) is -1.49. The quantitative estimate of drug-likeness (QED) is 0.513. The SMILES string of the molecule is OC[C@@H]1O[C@H](c2nc3ncncc3[nH]2)[C@@H](O)[C@H]1O. The van der Waals surface area contributed by atoms with Crippen molar-refractivity contribution in [3.8, 4) is 0 Å². The first kappa shape index (κ1) is 11.5. The Labute approximate surface area is 101 Å². The molecule has 0 bridgehead atoms. The van der Waals surface area contributed by atoms with E-state index < -0.39 is 24.4 Å². The van der Waals surface area contributed by atoms with E-state index >= 15 is 0 Å². The fraction of sp³-hybridized carbons (Fsp3) is 0.500. The van der Waals surface area contributed by atoms with Gasteiger partial charge in [-0.1, -0.05) is 0 Å². The Morgan fingerprint density at radius 2 is 2.17 bits per heavy atom. The highest BCUT2D eigenvalue weighted by Crippen LogP contribution is 2.32. The first-order valence-corrected chi connectivity index (χ1v) is 5.49. The van der Waals surface area contributed by atoms with Crippen molar-refractivity contribution in [2.75, 3.05) is 6.61 Å². The van der Waals surface area contributed by atoms with Crippen LogP contribution in [-0.2, 0) is 4.74 Å². The van der Waals surface area contributed by atoms with Crippen molar-refractivity contribution in [1.29, 1.82) is 0 Å². The third-order valence-electron chi connectivity index (χ3n) is 2.99. The predicted molar refractivity (Wildman–Crippen MR) is 58.4 cm³/mol. The highest BCUT2D eigenvalue weighted by Gasteiger charge is 2.44. The minimum atomic E-state index is -1.14. The molecular formula is C10H12N4O4. The number of fused-ring (bicyclic) bond motifs is 1. The molecule has 8 heteroatoms. The van der Waals surface area contributed by atoms with Crippen LogP contribution in [0.5, 0.6) is 0 Å². The zero-order valence-corrected chi connectivity index (χ0v) is 9.26. The molecule has 0 saturated carbocycles. The Morgan fingerprint density at radius 1 is 1.33 bits per heavy atom. The second-order valence-corrected chi connectivity index (χ2v) is 4.14. The fourth-order valence-electron chi connectivity index (χ4n) is 2.04. The van der Waals surface area contributed by atoms with Gasteiger partial charge in [0.25, 0.3) is 0 Å². The lowest BCUT2D eigenvalue weighted by Gasteiger charge is -2.11. The van der Waals surface area contributed by atoms with Gasteiger partial charge in [0.1, 0.15) is 42.1 Å². The summed E-state index contributed by atoms with van der Waals surface area (Å²) >= 11 is 0. The van der Waals surface area contributed by atoms with Gasteiger partial charge in [0, 0.05) is 0 Å². The van der Waals surface area contributed by atoms with Crippen LogP contribution in [0.4, 0.5) is 0 Å². The lowest BCUT2D eigenvalue weighted by Crippen LogP contribution is -2.32. The first-order chi connectivity index (χ1) is 8.70. The minimum absolute atomic E-state index is 0.355. The van der Waals surface area contributed by atoms with Crippen molar-refractivity contribution in [2.45, 2.75) is 24.4 Å². The Kier molecular flexibility index (Phi) is 2.71. The second kappa shape index (κ2) is 4.25. The summed E-state index contributed by atoms with van der Waals surface area (Å²) in [5.41, 5.74) is 1.07. The number of imidazole rings is 1. The van der Waals surface area contributed by atoms with Crippen LogP contribution < -0.4 is 0 Å². The largest absolute Gasteiger partial charge is 0.394 e. The van der Waals surface area contributed by atoms with Gasteiger partial charge in [-0.3, -0.25) is 0 Å². The maximum atomic E-state index is 9.86. The Balaban J connectivity index is 1.95. The molecule has 0 amide bonds. The van der Waals surface area contributed by atoms with E-state index in [9.17, 15) is 10.2 Å². The molecule has 2 aromatic rings. The zero-order chi connectivity index (χ0) is 12.7. The molecule has 4 N–H and O–H groups in total. The van der Waals surface area contributed by atoms with Crippen LogP contribution in [0, 0.1) is 0 Å². The van der Waals surface area contributed by atoms with Crippen molar-refractivity contribution < 1.29 is 20.1 Å². The van der Waals surface area contributed by atoms with Crippen LogP contribution in [0.2, 0.25) is 0 Å². The summed E-state index contributed by atoms with van der Waals surface area (Å²) in [5.74, 6) is 0.355. The van der Waals surface area contributed by atoms with Crippen molar-refractivity contribution in [2.24, 2.45) is 0 Å². The van der Waals surface area contributed by atoms with Crippen LogP contribution in [-0.4, -0.2) is 60.2 Å². The lowest BCUT2D eigenvalue weighted by molar-refractivity contribution is -0.0249. The van der Waals surface area contributed by atoms with E-state index in [1.807, 2.05) is 0 Å². The normalized spacial score (nSPS) is 32.2. The summed E-state index contributed by atoms with van der Waals surface area (Å²) in [7, 11) is 0. The van der Waals surface area contributed by atoms with Gasteiger partial charge in [0.2, 0.25) is 0 Å². The summed E-state index contributed by atoms with van der Waals surface area (Å²) < 4.78 is 5.36. The molecule has 1 aliphatic heterocycles. The number of nitrogens with zero attached hydrogens (tertiary/aromatic N) is 3. The van der Waals surface area contributed by atoms with Gasteiger partial charge in [0.05, 0.1) is 12.8 Å². The highest BCUT2D eigenvalue weighted by atomic mass is 16.6. The minimum Gasteiger partial charge on any atom is -0.394 e. The van der Waals surface area contributed by atoms with Gasteiger partial charge in [-0.05, 0) is 0 Å².